The maximum Gasteiger partial charge on any atom is 0.232 e. The third-order valence-corrected chi connectivity index (χ3v) is 8.47. The van der Waals surface area contributed by atoms with Crippen LogP contribution in [0.25, 0.3) is 38.6 Å². The Bertz CT molecular complexity index is 2180. The SMILES string of the molecule is Cc1c(C(=O)Cc2ccc(Oc3ncnc4[nH]cc(-c5ccccc5)c34)c(F)c2)c(=O)c2cc(C3=CCCC3)ccc2n1C. The van der Waals surface area contributed by atoms with E-state index in [0.717, 1.165) is 41.5 Å². The highest BCUT2D eigenvalue weighted by molar-refractivity contribution is 6.01. The number of ketones is 1. The summed E-state index contributed by atoms with van der Waals surface area (Å²) < 4.78 is 23.2. The number of benzene rings is 3. The number of carbonyl (C=O) groups excluding carboxylic acids is 1. The maximum atomic E-state index is 15.4. The standard InChI is InChI=1S/C36H29FN4O3/c1-21-32(34(43)26-18-25(23-8-6-7-9-23)13-14-29(26)41(21)2)30(42)17-22-12-15-31(28(37)16-22)44-36-33-27(24-10-4-3-5-11-24)19-38-35(33)39-20-40-36/h3-5,8,10-16,18-20H,6-7,9,17H2,1-2H3,(H,38,39,40). The number of rotatable bonds is 7. The molecule has 1 aliphatic carbocycles. The van der Waals surface area contributed by atoms with Crippen molar-refractivity contribution < 1.29 is 13.9 Å². The van der Waals surface area contributed by atoms with Crippen molar-refractivity contribution in [3.8, 4) is 22.8 Å². The molecule has 7 rings (SSSR count). The van der Waals surface area contributed by atoms with Crippen LogP contribution < -0.4 is 10.2 Å². The molecule has 218 valence electrons. The molecule has 0 spiro atoms. The fourth-order valence-electron chi connectivity index (χ4n) is 6.09. The van der Waals surface area contributed by atoms with E-state index in [0.29, 0.717) is 27.7 Å². The highest BCUT2D eigenvalue weighted by Gasteiger charge is 2.21. The minimum absolute atomic E-state index is 0.0343. The third-order valence-electron chi connectivity index (χ3n) is 8.47. The van der Waals surface area contributed by atoms with Crippen LogP contribution in [0.15, 0.2) is 90.1 Å². The van der Waals surface area contributed by atoms with Gasteiger partial charge in [0, 0.05) is 36.3 Å². The largest absolute Gasteiger partial charge is 0.435 e. The number of H-pyrrole nitrogens is 1. The van der Waals surface area contributed by atoms with Gasteiger partial charge in [0.25, 0.3) is 0 Å². The molecule has 6 aromatic rings. The summed E-state index contributed by atoms with van der Waals surface area (Å²) in [7, 11) is 1.85. The summed E-state index contributed by atoms with van der Waals surface area (Å²) in [5.74, 6) is -0.828. The number of pyridine rings is 1. The molecule has 7 nitrogen and oxygen atoms in total. The number of nitrogens with zero attached hydrogens (tertiary/aromatic N) is 3. The maximum absolute atomic E-state index is 15.4. The monoisotopic (exact) mass is 584 g/mol. The summed E-state index contributed by atoms with van der Waals surface area (Å²) in [6, 6.07) is 20.0. The number of fused-ring (bicyclic) bond motifs is 2. The molecule has 0 aliphatic heterocycles. The van der Waals surface area contributed by atoms with Crippen molar-refractivity contribution in [1.82, 2.24) is 19.5 Å². The van der Waals surface area contributed by atoms with Crippen molar-refractivity contribution in [2.24, 2.45) is 7.05 Å². The zero-order chi connectivity index (χ0) is 30.4. The lowest BCUT2D eigenvalue weighted by Gasteiger charge is -2.15. The molecule has 0 saturated carbocycles. The Balaban J connectivity index is 1.18. The summed E-state index contributed by atoms with van der Waals surface area (Å²) in [4.78, 5) is 38.9. The average Bonchev–Trinajstić information content (AvgIpc) is 3.73. The summed E-state index contributed by atoms with van der Waals surface area (Å²) in [6.07, 6.45) is 8.38. The first-order valence-corrected chi connectivity index (χ1v) is 14.6. The molecular formula is C36H29FN4O3. The normalized spacial score (nSPS) is 13.0. The van der Waals surface area contributed by atoms with E-state index in [9.17, 15) is 9.59 Å². The molecule has 44 heavy (non-hydrogen) atoms. The van der Waals surface area contributed by atoms with E-state index in [-0.39, 0.29) is 34.8 Å². The summed E-state index contributed by atoms with van der Waals surface area (Å²) >= 11 is 0. The molecule has 0 bridgehead atoms. The fourth-order valence-corrected chi connectivity index (χ4v) is 6.09. The molecule has 0 radical (unpaired) electrons. The van der Waals surface area contributed by atoms with E-state index in [1.807, 2.05) is 66.3 Å². The summed E-state index contributed by atoms with van der Waals surface area (Å²) in [5, 5.41) is 1.14. The number of halogens is 1. The van der Waals surface area contributed by atoms with E-state index in [2.05, 4.69) is 21.0 Å². The molecule has 0 saturated heterocycles. The van der Waals surface area contributed by atoms with E-state index in [1.54, 1.807) is 13.0 Å². The Morgan fingerprint density at radius 2 is 1.89 bits per heavy atom. The summed E-state index contributed by atoms with van der Waals surface area (Å²) in [6.45, 7) is 1.77. The van der Waals surface area contributed by atoms with Gasteiger partial charge in [-0.1, -0.05) is 48.5 Å². The minimum atomic E-state index is -0.642. The van der Waals surface area contributed by atoms with Crippen molar-refractivity contribution in [3.05, 3.63) is 124 Å². The van der Waals surface area contributed by atoms with Crippen molar-refractivity contribution in [3.63, 3.8) is 0 Å². The second kappa shape index (κ2) is 11.0. The molecule has 0 fully saturated rings. The molecule has 8 heteroatoms. The molecule has 0 atom stereocenters. The molecule has 3 aromatic heterocycles. The van der Waals surface area contributed by atoms with E-state index in [1.165, 1.54) is 24.0 Å². The number of Topliss-reactive ketones (excluding diaryl/α,β-unsaturated/α-hetero) is 1. The molecule has 0 amide bonds. The van der Waals surface area contributed by atoms with Crippen molar-refractivity contribution in [2.45, 2.75) is 32.6 Å². The molecule has 3 aromatic carbocycles. The first-order valence-electron chi connectivity index (χ1n) is 14.6. The van der Waals surface area contributed by atoms with Gasteiger partial charge in [-0.15, -0.1) is 0 Å². The lowest BCUT2D eigenvalue weighted by molar-refractivity contribution is 0.0990. The minimum Gasteiger partial charge on any atom is -0.435 e. The number of hydrogen-bond donors (Lipinski definition) is 1. The van der Waals surface area contributed by atoms with Gasteiger partial charge in [-0.3, -0.25) is 9.59 Å². The predicted octanol–water partition coefficient (Wildman–Crippen LogP) is 7.71. The molecule has 0 unspecified atom stereocenters. The van der Waals surface area contributed by atoms with E-state index < -0.39 is 5.82 Å². The van der Waals surface area contributed by atoms with Crippen LogP contribution in [-0.2, 0) is 13.5 Å². The highest BCUT2D eigenvalue weighted by Crippen LogP contribution is 2.36. The number of allylic oxidation sites excluding steroid dienone is 2. The van der Waals surface area contributed by atoms with Crippen LogP contribution in [0.1, 0.15) is 46.4 Å². The Morgan fingerprint density at radius 1 is 1.05 bits per heavy atom. The molecule has 3 heterocycles. The Morgan fingerprint density at radius 3 is 2.66 bits per heavy atom. The van der Waals surface area contributed by atoms with E-state index >= 15 is 4.39 Å². The first kappa shape index (κ1) is 27.5. The van der Waals surface area contributed by atoms with Gasteiger partial charge in [0.1, 0.15) is 12.0 Å². The average molecular weight is 585 g/mol. The van der Waals surface area contributed by atoms with Crippen LogP contribution in [0.2, 0.25) is 0 Å². The second-order valence-corrected chi connectivity index (χ2v) is 11.1. The lowest BCUT2D eigenvalue weighted by Crippen LogP contribution is -2.23. The van der Waals surface area contributed by atoms with Gasteiger partial charge in [-0.2, -0.15) is 0 Å². The number of aromatic amines is 1. The van der Waals surface area contributed by atoms with Crippen LogP contribution in [-0.4, -0.2) is 25.3 Å². The smallest absolute Gasteiger partial charge is 0.232 e. The number of aryl methyl sites for hydroxylation is 1. The Labute approximate surface area is 252 Å². The van der Waals surface area contributed by atoms with Gasteiger partial charge in [0.2, 0.25) is 5.88 Å². The lowest BCUT2D eigenvalue weighted by atomic mass is 9.97. The van der Waals surface area contributed by atoms with E-state index in [4.69, 9.17) is 4.74 Å². The molecular weight excluding hydrogens is 555 g/mol. The van der Waals surface area contributed by atoms with Gasteiger partial charge in [0.05, 0.1) is 16.5 Å². The second-order valence-electron chi connectivity index (χ2n) is 11.1. The molecule has 1 aliphatic rings. The Hall–Kier alpha value is -5.37. The number of aromatic nitrogens is 4. The van der Waals surface area contributed by atoms with Crippen LogP contribution >= 0.6 is 0 Å². The van der Waals surface area contributed by atoms with Crippen LogP contribution in [0.5, 0.6) is 11.6 Å². The number of hydrogen-bond acceptors (Lipinski definition) is 5. The van der Waals surface area contributed by atoms with Gasteiger partial charge in [0.15, 0.2) is 22.8 Å². The van der Waals surface area contributed by atoms with Gasteiger partial charge in [-0.05, 0) is 72.7 Å². The van der Waals surface area contributed by atoms with Crippen LogP contribution in [0, 0.1) is 12.7 Å². The predicted molar refractivity (Wildman–Crippen MR) is 170 cm³/mol. The number of nitrogens with one attached hydrogen (secondary N) is 1. The molecule has 1 N–H and O–H groups in total. The quantitative estimate of drug-likeness (QED) is 0.194. The zero-order valence-electron chi connectivity index (χ0n) is 24.4. The van der Waals surface area contributed by atoms with Crippen molar-refractivity contribution in [1.29, 1.82) is 0 Å². The first-order chi connectivity index (χ1) is 21.4. The third kappa shape index (κ3) is 4.78. The van der Waals surface area contributed by atoms with Gasteiger partial charge in [-0.25, -0.2) is 14.4 Å². The highest BCUT2D eigenvalue weighted by atomic mass is 19.1. The number of carbonyl (C=O) groups is 1. The van der Waals surface area contributed by atoms with Crippen LogP contribution in [0.3, 0.4) is 0 Å². The zero-order valence-corrected chi connectivity index (χ0v) is 24.4. The number of ether oxygens (including phenoxy) is 1. The van der Waals surface area contributed by atoms with Gasteiger partial charge >= 0.3 is 0 Å². The Kier molecular flexibility index (Phi) is 6.89. The van der Waals surface area contributed by atoms with Crippen LogP contribution in [0.4, 0.5) is 4.39 Å². The fraction of sp³-hybridized carbons (Fsp3) is 0.167. The van der Waals surface area contributed by atoms with Crippen molar-refractivity contribution >= 4 is 33.3 Å². The summed E-state index contributed by atoms with van der Waals surface area (Å²) in [5.41, 5.74) is 6.20. The topological polar surface area (TPSA) is 89.9 Å². The van der Waals surface area contributed by atoms with Gasteiger partial charge < -0.3 is 14.3 Å². The van der Waals surface area contributed by atoms with Crippen molar-refractivity contribution in [2.75, 3.05) is 0 Å².